The van der Waals surface area contributed by atoms with Crippen LogP contribution in [0.15, 0.2) is 53.0 Å². The van der Waals surface area contributed by atoms with E-state index in [0.29, 0.717) is 13.0 Å². The molecule has 1 saturated heterocycles. The van der Waals surface area contributed by atoms with Crippen LogP contribution < -0.4 is 0 Å². The van der Waals surface area contributed by atoms with E-state index in [2.05, 4.69) is 33.0 Å². The third kappa shape index (κ3) is 2.89. The van der Waals surface area contributed by atoms with Gasteiger partial charge in [-0.15, -0.1) is 0 Å². The van der Waals surface area contributed by atoms with Crippen molar-refractivity contribution < 1.29 is 9.59 Å². The van der Waals surface area contributed by atoms with Crippen molar-refractivity contribution >= 4 is 38.6 Å². The molecule has 2 atom stereocenters. The number of nitrogens with one attached hydrogen (secondary N) is 1. The summed E-state index contributed by atoms with van der Waals surface area (Å²) in [6.45, 7) is 2.82. The molecule has 0 unspecified atom stereocenters. The summed E-state index contributed by atoms with van der Waals surface area (Å²) in [4.78, 5) is 33.6. The molecule has 148 valence electrons. The number of carbonyl (C=O) groups is 2. The van der Waals surface area contributed by atoms with Crippen LogP contribution in [0.3, 0.4) is 0 Å². The van der Waals surface area contributed by atoms with Crippen molar-refractivity contribution in [1.82, 2.24) is 14.8 Å². The van der Waals surface area contributed by atoms with Gasteiger partial charge >= 0.3 is 0 Å². The number of aromatic nitrogens is 1. The number of rotatable bonds is 3. The van der Waals surface area contributed by atoms with Crippen molar-refractivity contribution in [3.8, 4) is 0 Å². The highest BCUT2D eigenvalue weighted by Crippen LogP contribution is 2.42. The Morgan fingerprint density at radius 2 is 1.86 bits per heavy atom. The quantitative estimate of drug-likeness (QED) is 0.653. The van der Waals surface area contributed by atoms with Crippen LogP contribution in [0.1, 0.15) is 36.2 Å². The Labute approximate surface area is 177 Å². The van der Waals surface area contributed by atoms with Crippen LogP contribution in [0.4, 0.5) is 0 Å². The molecule has 3 aromatic rings. The van der Waals surface area contributed by atoms with Crippen LogP contribution in [0.5, 0.6) is 0 Å². The van der Waals surface area contributed by atoms with Gasteiger partial charge in [0.1, 0.15) is 6.04 Å². The van der Waals surface area contributed by atoms with E-state index in [1.54, 1.807) is 4.90 Å². The number of piperazine rings is 1. The highest BCUT2D eigenvalue weighted by Gasteiger charge is 2.47. The lowest BCUT2D eigenvalue weighted by Gasteiger charge is -2.47. The number of benzene rings is 2. The van der Waals surface area contributed by atoms with Crippen LogP contribution in [0.2, 0.25) is 0 Å². The molecule has 0 aliphatic carbocycles. The van der Waals surface area contributed by atoms with Crippen molar-refractivity contribution in [1.29, 1.82) is 0 Å². The van der Waals surface area contributed by atoms with Crippen molar-refractivity contribution in [2.24, 2.45) is 0 Å². The number of amides is 2. The molecule has 3 heterocycles. The van der Waals surface area contributed by atoms with E-state index in [0.717, 1.165) is 38.6 Å². The van der Waals surface area contributed by atoms with Gasteiger partial charge in [-0.05, 0) is 35.7 Å². The fraction of sp³-hybridized carbons (Fsp3) is 0.304. The van der Waals surface area contributed by atoms with Crippen LogP contribution in [-0.4, -0.2) is 45.7 Å². The van der Waals surface area contributed by atoms with Crippen molar-refractivity contribution in [2.75, 3.05) is 13.1 Å². The van der Waals surface area contributed by atoms with Gasteiger partial charge in [0.25, 0.3) is 0 Å². The number of para-hydroxylation sites is 1. The fourth-order valence-electron chi connectivity index (χ4n) is 4.77. The Morgan fingerprint density at radius 3 is 2.62 bits per heavy atom. The number of halogens is 1. The van der Waals surface area contributed by atoms with Crippen LogP contribution in [0.25, 0.3) is 10.9 Å². The summed E-state index contributed by atoms with van der Waals surface area (Å²) >= 11 is 3.50. The molecular formula is C23H22BrN3O2. The molecule has 0 radical (unpaired) electrons. The number of aromatic amines is 1. The number of H-pyrrole nitrogens is 1. The first-order valence-electron chi connectivity index (χ1n) is 10.0. The second kappa shape index (κ2) is 7.02. The molecule has 2 amide bonds. The predicted octanol–water partition coefficient (Wildman–Crippen LogP) is 4.03. The average molecular weight is 452 g/mol. The number of nitrogens with zero attached hydrogens (tertiary/aromatic N) is 2. The molecule has 5 nitrogen and oxygen atoms in total. The SMILES string of the molecule is CCCN1CC(=O)N2[C@@H](c3ccc(Br)cc3)c3[nH]c4ccccc4c3C[C@H]2C1=O. The summed E-state index contributed by atoms with van der Waals surface area (Å²) in [5.74, 6) is 0.0739. The summed E-state index contributed by atoms with van der Waals surface area (Å²) in [5, 5.41) is 1.14. The molecule has 1 aromatic heterocycles. The maximum Gasteiger partial charge on any atom is 0.246 e. The summed E-state index contributed by atoms with van der Waals surface area (Å²) in [7, 11) is 0. The highest BCUT2D eigenvalue weighted by atomic mass is 79.9. The smallest absolute Gasteiger partial charge is 0.246 e. The predicted molar refractivity (Wildman–Crippen MR) is 115 cm³/mol. The topological polar surface area (TPSA) is 56.4 Å². The lowest BCUT2D eigenvalue weighted by molar-refractivity contribution is -0.158. The Morgan fingerprint density at radius 1 is 1.10 bits per heavy atom. The van der Waals surface area contributed by atoms with Crippen molar-refractivity contribution in [3.05, 3.63) is 69.8 Å². The first kappa shape index (κ1) is 18.4. The van der Waals surface area contributed by atoms with E-state index in [4.69, 9.17) is 0 Å². The molecule has 2 aliphatic heterocycles. The molecule has 5 rings (SSSR count). The monoisotopic (exact) mass is 451 g/mol. The van der Waals surface area contributed by atoms with Crippen molar-refractivity contribution in [2.45, 2.75) is 31.8 Å². The zero-order valence-electron chi connectivity index (χ0n) is 16.2. The second-order valence-corrected chi connectivity index (χ2v) is 8.71. The molecule has 1 fully saturated rings. The van der Waals surface area contributed by atoms with Gasteiger partial charge in [0.05, 0.1) is 12.6 Å². The molecule has 0 spiro atoms. The Balaban J connectivity index is 1.70. The molecule has 2 aromatic carbocycles. The summed E-state index contributed by atoms with van der Waals surface area (Å²) in [6, 6.07) is 15.5. The third-order valence-electron chi connectivity index (χ3n) is 6.02. The Hall–Kier alpha value is -2.60. The van der Waals surface area contributed by atoms with Gasteiger partial charge in [0.15, 0.2) is 0 Å². The molecular weight excluding hydrogens is 430 g/mol. The van der Waals surface area contributed by atoms with Crippen LogP contribution in [-0.2, 0) is 16.0 Å². The van der Waals surface area contributed by atoms with E-state index >= 15 is 0 Å². The number of hydrogen-bond donors (Lipinski definition) is 1. The fourth-order valence-corrected chi connectivity index (χ4v) is 5.04. The van der Waals surface area contributed by atoms with Gasteiger partial charge in [-0.2, -0.15) is 0 Å². The maximum atomic E-state index is 13.3. The van der Waals surface area contributed by atoms with Gasteiger partial charge in [0, 0.05) is 34.0 Å². The van der Waals surface area contributed by atoms with Gasteiger partial charge in [-0.1, -0.05) is 53.2 Å². The standard InChI is InChI=1S/C23H22BrN3O2/c1-2-11-26-13-20(28)27-19(23(26)29)12-17-16-5-3-4-6-18(16)25-21(17)22(27)14-7-9-15(24)10-8-14/h3-10,19,22,25H,2,11-13H2,1H3/t19-,22-/m0/s1. The van der Waals surface area contributed by atoms with Gasteiger partial charge in [0.2, 0.25) is 11.8 Å². The van der Waals surface area contributed by atoms with E-state index in [-0.39, 0.29) is 24.4 Å². The van der Waals surface area contributed by atoms with Crippen molar-refractivity contribution in [3.63, 3.8) is 0 Å². The van der Waals surface area contributed by atoms with Crippen LogP contribution in [0, 0.1) is 0 Å². The highest BCUT2D eigenvalue weighted by molar-refractivity contribution is 9.10. The lowest BCUT2D eigenvalue weighted by atomic mass is 9.86. The first-order valence-corrected chi connectivity index (χ1v) is 10.8. The molecule has 0 bridgehead atoms. The summed E-state index contributed by atoms with van der Waals surface area (Å²) in [6.07, 6.45) is 1.40. The number of fused-ring (bicyclic) bond motifs is 4. The summed E-state index contributed by atoms with van der Waals surface area (Å²) < 4.78 is 0.987. The average Bonchev–Trinajstić information content (AvgIpc) is 3.10. The van der Waals surface area contributed by atoms with E-state index < -0.39 is 6.04 Å². The minimum atomic E-state index is -0.455. The number of hydrogen-bond acceptors (Lipinski definition) is 2. The minimum absolute atomic E-state index is 0.0141. The molecule has 0 saturated carbocycles. The third-order valence-corrected chi connectivity index (χ3v) is 6.55. The van der Waals surface area contributed by atoms with E-state index in [1.165, 1.54) is 0 Å². The van der Waals surface area contributed by atoms with E-state index in [1.807, 2.05) is 48.2 Å². The van der Waals surface area contributed by atoms with Gasteiger partial charge in [-0.25, -0.2) is 0 Å². The summed E-state index contributed by atoms with van der Waals surface area (Å²) in [5.41, 5.74) is 4.23. The van der Waals surface area contributed by atoms with Gasteiger partial charge < -0.3 is 14.8 Å². The maximum absolute atomic E-state index is 13.3. The largest absolute Gasteiger partial charge is 0.356 e. The molecule has 29 heavy (non-hydrogen) atoms. The van der Waals surface area contributed by atoms with Gasteiger partial charge in [-0.3, -0.25) is 9.59 Å². The Kier molecular flexibility index (Phi) is 4.46. The zero-order valence-corrected chi connectivity index (χ0v) is 17.8. The van der Waals surface area contributed by atoms with E-state index in [9.17, 15) is 9.59 Å². The Bertz CT molecular complexity index is 1110. The van der Waals surface area contributed by atoms with Crippen LogP contribution >= 0.6 is 15.9 Å². The normalized spacial score (nSPS) is 21.4. The number of carbonyl (C=O) groups excluding carboxylic acids is 2. The second-order valence-electron chi connectivity index (χ2n) is 7.80. The molecule has 2 aliphatic rings. The molecule has 6 heteroatoms. The zero-order chi connectivity index (χ0) is 20.1. The first-order chi connectivity index (χ1) is 14.1. The lowest BCUT2D eigenvalue weighted by Crippen LogP contribution is -2.63. The minimum Gasteiger partial charge on any atom is -0.356 e. The molecule has 1 N–H and O–H groups in total.